The quantitative estimate of drug-likeness (QED) is 0.727. The van der Waals surface area contributed by atoms with E-state index in [1.165, 1.54) is 5.56 Å². The maximum absolute atomic E-state index is 4.52. The average Bonchev–Trinajstić information content (AvgIpc) is 2.94. The molecule has 0 amide bonds. The molecule has 2 N–H and O–H groups in total. The second-order valence-electron chi connectivity index (χ2n) is 5.06. The maximum Gasteiger partial charge on any atom is 0.225 e. The highest BCUT2D eigenvalue weighted by Crippen LogP contribution is 2.12. The molecule has 0 fully saturated rings. The first-order chi connectivity index (χ1) is 10.3. The molecule has 0 saturated heterocycles. The van der Waals surface area contributed by atoms with Gasteiger partial charge in [-0.2, -0.15) is 4.98 Å². The van der Waals surface area contributed by atoms with E-state index in [4.69, 9.17) is 0 Å². The Kier molecular flexibility index (Phi) is 4.09. The number of hydrogen-bond acceptors (Lipinski definition) is 4. The molecule has 0 aliphatic heterocycles. The number of unbranched alkanes of at least 4 members (excludes halogenated alkanes) is 1. The van der Waals surface area contributed by atoms with Gasteiger partial charge in [0.1, 0.15) is 11.3 Å². The van der Waals surface area contributed by atoms with Gasteiger partial charge < -0.3 is 10.3 Å². The number of aryl methyl sites for hydroxylation is 1. The summed E-state index contributed by atoms with van der Waals surface area (Å²) in [6, 6.07) is 10.2. The molecule has 0 unspecified atom stereocenters. The van der Waals surface area contributed by atoms with Crippen LogP contribution in [0.25, 0.3) is 11.2 Å². The van der Waals surface area contributed by atoms with Crippen LogP contribution in [0.1, 0.15) is 31.2 Å². The summed E-state index contributed by atoms with van der Waals surface area (Å²) >= 11 is 0. The standard InChI is InChI=1S/C16H19N5/c1-2-3-9-14-19-13-11-18-16(21-15(13)20-14)17-10-12-7-5-4-6-8-12/h4-8,11H,2-3,9-10H2,1H3,(H2,17,18,19,20,21). The Bertz CT molecular complexity index is 705. The highest BCUT2D eigenvalue weighted by Gasteiger charge is 2.06. The number of H-pyrrole nitrogens is 1. The van der Waals surface area contributed by atoms with Crippen molar-refractivity contribution in [3.63, 3.8) is 0 Å². The van der Waals surface area contributed by atoms with E-state index in [0.717, 1.165) is 36.3 Å². The van der Waals surface area contributed by atoms with Gasteiger partial charge in [-0.1, -0.05) is 43.7 Å². The van der Waals surface area contributed by atoms with Gasteiger partial charge in [-0.15, -0.1) is 0 Å². The number of aromatic nitrogens is 4. The molecule has 0 saturated carbocycles. The lowest BCUT2D eigenvalue weighted by Crippen LogP contribution is -2.03. The predicted octanol–water partition coefficient (Wildman–Crippen LogP) is 3.31. The number of fused-ring (bicyclic) bond motifs is 1. The predicted molar refractivity (Wildman–Crippen MR) is 84.1 cm³/mol. The van der Waals surface area contributed by atoms with Crippen LogP contribution in [0.4, 0.5) is 5.95 Å². The van der Waals surface area contributed by atoms with Crippen LogP contribution < -0.4 is 5.32 Å². The molecule has 108 valence electrons. The van der Waals surface area contributed by atoms with E-state index in [0.29, 0.717) is 12.5 Å². The Hall–Kier alpha value is -2.43. The van der Waals surface area contributed by atoms with E-state index in [-0.39, 0.29) is 0 Å². The third kappa shape index (κ3) is 3.37. The van der Waals surface area contributed by atoms with Crippen molar-refractivity contribution < 1.29 is 0 Å². The Balaban J connectivity index is 1.71. The smallest absolute Gasteiger partial charge is 0.225 e. The van der Waals surface area contributed by atoms with Crippen LogP contribution in [-0.4, -0.2) is 19.9 Å². The first-order valence-electron chi connectivity index (χ1n) is 7.34. The number of benzene rings is 1. The molecule has 3 rings (SSSR count). The number of hydrogen-bond donors (Lipinski definition) is 2. The summed E-state index contributed by atoms with van der Waals surface area (Å²) in [5, 5.41) is 3.23. The maximum atomic E-state index is 4.52. The minimum atomic E-state index is 0.611. The van der Waals surface area contributed by atoms with E-state index in [9.17, 15) is 0 Å². The third-order valence-corrected chi connectivity index (χ3v) is 3.35. The first-order valence-corrected chi connectivity index (χ1v) is 7.34. The molecule has 0 atom stereocenters. The molecule has 2 aromatic heterocycles. The van der Waals surface area contributed by atoms with Crippen molar-refractivity contribution in [1.82, 2.24) is 19.9 Å². The van der Waals surface area contributed by atoms with Crippen molar-refractivity contribution in [2.75, 3.05) is 5.32 Å². The second kappa shape index (κ2) is 6.35. The molecule has 5 nitrogen and oxygen atoms in total. The second-order valence-corrected chi connectivity index (χ2v) is 5.06. The fraction of sp³-hybridized carbons (Fsp3) is 0.312. The van der Waals surface area contributed by atoms with Gasteiger partial charge in [0.05, 0.1) is 6.20 Å². The average molecular weight is 281 g/mol. The molecule has 21 heavy (non-hydrogen) atoms. The van der Waals surface area contributed by atoms with Crippen molar-refractivity contribution >= 4 is 17.1 Å². The zero-order valence-corrected chi connectivity index (χ0v) is 12.1. The van der Waals surface area contributed by atoms with Crippen LogP contribution in [0.5, 0.6) is 0 Å². The number of aromatic amines is 1. The topological polar surface area (TPSA) is 66.5 Å². The van der Waals surface area contributed by atoms with Crippen LogP contribution >= 0.6 is 0 Å². The summed E-state index contributed by atoms with van der Waals surface area (Å²) in [5.74, 6) is 1.60. The minimum absolute atomic E-state index is 0.611. The lowest BCUT2D eigenvalue weighted by Gasteiger charge is -2.03. The van der Waals surface area contributed by atoms with Crippen LogP contribution in [0.3, 0.4) is 0 Å². The molecule has 0 aliphatic rings. The van der Waals surface area contributed by atoms with Crippen LogP contribution in [0.15, 0.2) is 36.5 Å². The summed E-state index contributed by atoms with van der Waals surface area (Å²) in [4.78, 5) is 16.6. The van der Waals surface area contributed by atoms with Crippen molar-refractivity contribution in [2.45, 2.75) is 32.7 Å². The largest absolute Gasteiger partial charge is 0.350 e. The summed E-state index contributed by atoms with van der Waals surface area (Å²) < 4.78 is 0. The molecule has 1 aromatic carbocycles. The van der Waals surface area contributed by atoms with Crippen LogP contribution in [0.2, 0.25) is 0 Å². The number of anilines is 1. The summed E-state index contributed by atoms with van der Waals surface area (Å²) in [6.45, 7) is 2.88. The van der Waals surface area contributed by atoms with E-state index in [2.05, 4.69) is 44.3 Å². The monoisotopic (exact) mass is 281 g/mol. The molecule has 0 radical (unpaired) electrons. The van der Waals surface area contributed by atoms with Gasteiger partial charge in [0.25, 0.3) is 0 Å². The Morgan fingerprint density at radius 1 is 1.14 bits per heavy atom. The van der Waals surface area contributed by atoms with Gasteiger partial charge in [-0.3, -0.25) is 0 Å². The fourth-order valence-corrected chi connectivity index (χ4v) is 2.18. The van der Waals surface area contributed by atoms with E-state index < -0.39 is 0 Å². The fourth-order valence-electron chi connectivity index (χ4n) is 2.18. The molecule has 3 aromatic rings. The number of nitrogens with one attached hydrogen (secondary N) is 2. The van der Waals surface area contributed by atoms with E-state index in [1.54, 1.807) is 6.20 Å². The normalized spacial score (nSPS) is 10.9. The van der Waals surface area contributed by atoms with E-state index in [1.807, 2.05) is 18.2 Å². The first kappa shape index (κ1) is 13.5. The van der Waals surface area contributed by atoms with Gasteiger partial charge in [-0.25, -0.2) is 9.97 Å². The Morgan fingerprint density at radius 3 is 2.81 bits per heavy atom. The highest BCUT2D eigenvalue weighted by atomic mass is 15.1. The van der Waals surface area contributed by atoms with Crippen molar-refractivity contribution in [1.29, 1.82) is 0 Å². The van der Waals surface area contributed by atoms with Gasteiger partial charge in [-0.05, 0) is 12.0 Å². The van der Waals surface area contributed by atoms with Gasteiger partial charge in [0.2, 0.25) is 5.95 Å². The highest BCUT2D eigenvalue weighted by molar-refractivity contribution is 5.70. The molecule has 0 bridgehead atoms. The SMILES string of the molecule is CCCCc1nc2nc(NCc3ccccc3)ncc2[nH]1. The van der Waals surface area contributed by atoms with Crippen LogP contribution in [0, 0.1) is 0 Å². The number of nitrogens with zero attached hydrogens (tertiary/aromatic N) is 3. The van der Waals surface area contributed by atoms with Crippen molar-refractivity contribution in [2.24, 2.45) is 0 Å². The van der Waals surface area contributed by atoms with E-state index >= 15 is 0 Å². The summed E-state index contributed by atoms with van der Waals surface area (Å²) in [6.07, 6.45) is 5.04. The minimum Gasteiger partial charge on any atom is -0.350 e. The third-order valence-electron chi connectivity index (χ3n) is 3.35. The van der Waals surface area contributed by atoms with Crippen molar-refractivity contribution in [3.05, 3.63) is 47.9 Å². The number of imidazole rings is 1. The Morgan fingerprint density at radius 2 is 2.00 bits per heavy atom. The molecule has 2 heterocycles. The lowest BCUT2D eigenvalue weighted by atomic mass is 10.2. The molecular weight excluding hydrogens is 262 g/mol. The number of rotatable bonds is 6. The lowest BCUT2D eigenvalue weighted by molar-refractivity contribution is 0.764. The van der Waals surface area contributed by atoms with Gasteiger partial charge in [0.15, 0.2) is 5.65 Å². The summed E-state index contributed by atoms with van der Waals surface area (Å²) in [7, 11) is 0. The van der Waals surface area contributed by atoms with Crippen molar-refractivity contribution in [3.8, 4) is 0 Å². The zero-order chi connectivity index (χ0) is 14.5. The Labute approximate surface area is 123 Å². The van der Waals surface area contributed by atoms with Crippen LogP contribution in [-0.2, 0) is 13.0 Å². The molecule has 0 aliphatic carbocycles. The molecular formula is C16H19N5. The zero-order valence-electron chi connectivity index (χ0n) is 12.1. The molecule has 0 spiro atoms. The van der Waals surface area contributed by atoms with Gasteiger partial charge >= 0.3 is 0 Å². The van der Waals surface area contributed by atoms with Gasteiger partial charge in [0, 0.05) is 13.0 Å². The molecule has 5 heteroatoms. The summed E-state index contributed by atoms with van der Waals surface area (Å²) in [5.41, 5.74) is 2.82.